The number of nitrogens with zero attached hydrogens (tertiary/aromatic N) is 5. The highest BCUT2D eigenvalue weighted by Gasteiger charge is 2.23. The lowest BCUT2D eigenvalue weighted by atomic mass is 10.2. The maximum absolute atomic E-state index is 12.0. The molecule has 1 aliphatic heterocycles. The summed E-state index contributed by atoms with van der Waals surface area (Å²) in [6, 6.07) is 6.92. The number of piperazine rings is 1. The van der Waals surface area contributed by atoms with Crippen LogP contribution in [0.15, 0.2) is 41.5 Å². The molecule has 1 aliphatic rings. The van der Waals surface area contributed by atoms with E-state index >= 15 is 0 Å². The first-order valence-electron chi connectivity index (χ1n) is 8.09. The molecule has 0 aromatic carbocycles. The van der Waals surface area contributed by atoms with Gasteiger partial charge in [0, 0.05) is 56.7 Å². The molecule has 0 radical (unpaired) electrons. The lowest BCUT2D eigenvalue weighted by Crippen LogP contribution is -2.49. The summed E-state index contributed by atoms with van der Waals surface area (Å²) in [5, 5.41) is 4.42. The third-order valence-electron chi connectivity index (χ3n) is 4.27. The molecule has 0 aliphatic carbocycles. The maximum Gasteiger partial charge on any atom is 0.266 e. The van der Waals surface area contributed by atoms with Crippen molar-refractivity contribution in [3.8, 4) is 11.3 Å². The predicted octanol–water partition coefficient (Wildman–Crippen LogP) is -0.117. The Morgan fingerprint density at radius 2 is 1.68 bits per heavy atom. The molecule has 0 saturated carbocycles. The Bertz CT molecular complexity index is 874. The standard InChI is InChI=1S/C16H21N5O3S/c1-25(23,24)20-11-8-19(9-12-20)10-13-21-16(22)3-2-15(18-21)14-4-6-17-7-5-14/h2-7H,8-13H2,1H3. The highest BCUT2D eigenvalue weighted by Crippen LogP contribution is 2.13. The van der Waals surface area contributed by atoms with Gasteiger partial charge in [0.2, 0.25) is 10.0 Å². The van der Waals surface area contributed by atoms with Crippen LogP contribution < -0.4 is 5.56 Å². The number of sulfonamides is 1. The first-order chi connectivity index (χ1) is 11.9. The molecule has 0 spiro atoms. The fourth-order valence-electron chi connectivity index (χ4n) is 2.81. The molecule has 0 N–H and O–H groups in total. The summed E-state index contributed by atoms with van der Waals surface area (Å²) in [7, 11) is -3.13. The van der Waals surface area contributed by atoms with Gasteiger partial charge in [0.25, 0.3) is 5.56 Å². The monoisotopic (exact) mass is 363 g/mol. The Morgan fingerprint density at radius 1 is 1.00 bits per heavy atom. The van der Waals surface area contributed by atoms with E-state index in [0.29, 0.717) is 39.3 Å². The van der Waals surface area contributed by atoms with Gasteiger partial charge in [0.15, 0.2) is 0 Å². The molecular weight excluding hydrogens is 342 g/mol. The van der Waals surface area contributed by atoms with E-state index in [9.17, 15) is 13.2 Å². The van der Waals surface area contributed by atoms with Gasteiger partial charge in [-0.3, -0.25) is 14.7 Å². The Kier molecular flexibility index (Phi) is 5.26. The fraction of sp³-hybridized carbons (Fsp3) is 0.438. The van der Waals surface area contributed by atoms with Gasteiger partial charge in [0.05, 0.1) is 18.5 Å². The molecule has 0 unspecified atom stereocenters. The predicted molar refractivity (Wildman–Crippen MR) is 94.6 cm³/mol. The summed E-state index contributed by atoms with van der Waals surface area (Å²) in [6.45, 7) is 3.41. The highest BCUT2D eigenvalue weighted by atomic mass is 32.2. The number of pyridine rings is 1. The van der Waals surface area contributed by atoms with Gasteiger partial charge < -0.3 is 0 Å². The molecule has 25 heavy (non-hydrogen) atoms. The largest absolute Gasteiger partial charge is 0.299 e. The van der Waals surface area contributed by atoms with E-state index < -0.39 is 10.0 Å². The van der Waals surface area contributed by atoms with Crippen molar-refractivity contribution >= 4 is 10.0 Å². The van der Waals surface area contributed by atoms with Gasteiger partial charge in [-0.15, -0.1) is 0 Å². The number of hydrogen-bond acceptors (Lipinski definition) is 6. The van der Waals surface area contributed by atoms with E-state index in [0.717, 1.165) is 11.3 Å². The van der Waals surface area contributed by atoms with Crippen molar-refractivity contribution in [3.63, 3.8) is 0 Å². The van der Waals surface area contributed by atoms with E-state index in [2.05, 4.69) is 15.0 Å². The van der Waals surface area contributed by atoms with Crippen molar-refractivity contribution in [2.45, 2.75) is 6.54 Å². The van der Waals surface area contributed by atoms with Crippen LogP contribution in [0.4, 0.5) is 0 Å². The zero-order chi connectivity index (χ0) is 17.9. The van der Waals surface area contributed by atoms with Crippen LogP contribution in [0.5, 0.6) is 0 Å². The summed E-state index contributed by atoms with van der Waals surface area (Å²) in [6.07, 6.45) is 4.61. The molecule has 0 amide bonds. The van der Waals surface area contributed by atoms with Crippen molar-refractivity contribution in [2.75, 3.05) is 39.0 Å². The number of rotatable bonds is 5. The van der Waals surface area contributed by atoms with Crippen molar-refractivity contribution in [1.82, 2.24) is 24.0 Å². The van der Waals surface area contributed by atoms with Crippen LogP contribution in [-0.2, 0) is 16.6 Å². The Morgan fingerprint density at radius 3 is 2.32 bits per heavy atom. The van der Waals surface area contributed by atoms with E-state index in [-0.39, 0.29) is 5.56 Å². The lowest BCUT2D eigenvalue weighted by molar-refractivity contribution is 0.180. The SMILES string of the molecule is CS(=O)(=O)N1CCN(CCn2nc(-c3ccncc3)ccc2=O)CC1. The van der Waals surface area contributed by atoms with Crippen LogP contribution >= 0.6 is 0 Å². The highest BCUT2D eigenvalue weighted by molar-refractivity contribution is 7.88. The van der Waals surface area contributed by atoms with Crippen molar-refractivity contribution in [1.29, 1.82) is 0 Å². The molecule has 1 fully saturated rings. The van der Waals surface area contributed by atoms with E-state index in [4.69, 9.17) is 0 Å². The van der Waals surface area contributed by atoms with Crippen molar-refractivity contribution < 1.29 is 8.42 Å². The molecule has 3 rings (SSSR count). The third-order valence-corrected chi connectivity index (χ3v) is 5.57. The van der Waals surface area contributed by atoms with Gasteiger partial charge in [-0.25, -0.2) is 13.1 Å². The minimum absolute atomic E-state index is 0.146. The lowest BCUT2D eigenvalue weighted by Gasteiger charge is -2.33. The normalized spacial score (nSPS) is 16.8. The van der Waals surface area contributed by atoms with Crippen LogP contribution in [-0.4, -0.2) is 71.4 Å². The minimum atomic E-state index is -3.13. The van der Waals surface area contributed by atoms with Crippen LogP contribution in [0.25, 0.3) is 11.3 Å². The first-order valence-corrected chi connectivity index (χ1v) is 9.94. The molecule has 9 heteroatoms. The first kappa shape index (κ1) is 17.7. The second-order valence-corrected chi connectivity index (χ2v) is 8.00. The average molecular weight is 363 g/mol. The molecule has 8 nitrogen and oxygen atoms in total. The molecular formula is C16H21N5O3S. The Labute approximate surface area is 146 Å². The molecule has 3 heterocycles. The Balaban J connectivity index is 1.63. The molecule has 2 aromatic heterocycles. The summed E-state index contributed by atoms with van der Waals surface area (Å²) >= 11 is 0. The summed E-state index contributed by atoms with van der Waals surface area (Å²) in [4.78, 5) is 18.2. The van der Waals surface area contributed by atoms with Gasteiger partial charge in [-0.05, 0) is 18.2 Å². The molecule has 1 saturated heterocycles. The number of aromatic nitrogens is 3. The van der Waals surface area contributed by atoms with Crippen molar-refractivity contribution in [2.24, 2.45) is 0 Å². The minimum Gasteiger partial charge on any atom is -0.299 e. The van der Waals surface area contributed by atoms with Crippen LogP contribution in [0.3, 0.4) is 0 Å². The second-order valence-electron chi connectivity index (χ2n) is 6.02. The van der Waals surface area contributed by atoms with Gasteiger partial charge in [0.1, 0.15) is 0 Å². The molecule has 0 bridgehead atoms. The zero-order valence-corrected chi connectivity index (χ0v) is 14.9. The van der Waals surface area contributed by atoms with Crippen LogP contribution in [0.2, 0.25) is 0 Å². The maximum atomic E-state index is 12.0. The smallest absolute Gasteiger partial charge is 0.266 e. The summed E-state index contributed by atoms with van der Waals surface area (Å²) < 4.78 is 26.0. The van der Waals surface area contributed by atoms with Gasteiger partial charge in [-0.2, -0.15) is 9.40 Å². The van der Waals surface area contributed by atoms with E-state index in [1.165, 1.54) is 21.3 Å². The van der Waals surface area contributed by atoms with E-state index in [1.807, 2.05) is 12.1 Å². The van der Waals surface area contributed by atoms with Crippen molar-refractivity contribution in [3.05, 3.63) is 47.0 Å². The fourth-order valence-corrected chi connectivity index (χ4v) is 3.63. The topological polar surface area (TPSA) is 88.4 Å². The molecule has 2 aromatic rings. The zero-order valence-electron chi connectivity index (χ0n) is 14.1. The Hall–Kier alpha value is -2.10. The summed E-state index contributed by atoms with van der Waals surface area (Å²) in [5.41, 5.74) is 1.49. The molecule has 134 valence electrons. The van der Waals surface area contributed by atoms with Crippen LogP contribution in [0.1, 0.15) is 0 Å². The quantitative estimate of drug-likeness (QED) is 0.736. The molecule has 0 atom stereocenters. The van der Waals surface area contributed by atoms with Gasteiger partial charge >= 0.3 is 0 Å². The van der Waals surface area contributed by atoms with Gasteiger partial charge in [-0.1, -0.05) is 0 Å². The number of hydrogen-bond donors (Lipinski definition) is 0. The average Bonchev–Trinajstić information content (AvgIpc) is 2.61. The summed E-state index contributed by atoms with van der Waals surface area (Å²) in [5.74, 6) is 0. The third kappa shape index (κ3) is 4.50. The van der Waals surface area contributed by atoms with Crippen LogP contribution in [0, 0.1) is 0 Å². The second kappa shape index (κ2) is 7.42. The van der Waals surface area contributed by atoms with E-state index in [1.54, 1.807) is 18.5 Å².